The Morgan fingerprint density at radius 3 is 2.34 bits per heavy atom. The average Bonchev–Trinajstić information content (AvgIpc) is 2.81. The number of nitriles is 1. The second-order valence-corrected chi connectivity index (χ2v) is 14.8. The minimum absolute atomic E-state index is 0.0612. The van der Waals surface area contributed by atoms with Crippen LogP contribution in [0.1, 0.15) is 42.3 Å². The molecule has 0 aliphatic rings. The predicted molar refractivity (Wildman–Crippen MR) is 140 cm³/mol. The highest BCUT2D eigenvalue weighted by Gasteiger charge is 2.38. The first-order valence-electron chi connectivity index (χ1n) is 11.0. The molecular formula is C25H30ClN5O3Si. The van der Waals surface area contributed by atoms with Gasteiger partial charge in [0, 0.05) is 11.3 Å². The second-order valence-electron chi connectivity index (χ2n) is 9.58. The minimum atomic E-state index is -2.18. The van der Waals surface area contributed by atoms with Crippen LogP contribution >= 0.6 is 11.6 Å². The molecule has 184 valence electrons. The Hall–Kier alpha value is -3.37. The van der Waals surface area contributed by atoms with Gasteiger partial charge >= 0.3 is 0 Å². The Kier molecular flexibility index (Phi) is 9.05. The number of hydrazine groups is 1. The van der Waals surface area contributed by atoms with Crippen LogP contribution in [0.15, 0.2) is 36.4 Å². The molecule has 35 heavy (non-hydrogen) atoms. The van der Waals surface area contributed by atoms with E-state index in [1.165, 1.54) is 24.3 Å². The zero-order valence-corrected chi connectivity index (χ0v) is 22.5. The molecule has 0 saturated heterocycles. The first-order chi connectivity index (χ1) is 16.3. The molecule has 1 atom stereocenters. The molecule has 10 heteroatoms. The first kappa shape index (κ1) is 27.9. The van der Waals surface area contributed by atoms with Crippen LogP contribution in [0, 0.1) is 24.8 Å². The number of carbonyl (C=O) groups excluding carboxylic acids is 2. The lowest BCUT2D eigenvalue weighted by Gasteiger charge is -2.37. The van der Waals surface area contributed by atoms with Crippen LogP contribution < -0.4 is 16.2 Å². The van der Waals surface area contributed by atoms with Crippen molar-refractivity contribution >= 4 is 43.1 Å². The topological polar surface area (TPSA) is 108 Å². The van der Waals surface area contributed by atoms with E-state index < -0.39 is 26.2 Å². The van der Waals surface area contributed by atoms with Crippen LogP contribution in [0.4, 0.5) is 11.4 Å². The molecule has 2 rings (SSSR count). The minimum Gasteiger partial charge on any atom is -0.414 e. The Bertz CT molecular complexity index is 1180. The summed E-state index contributed by atoms with van der Waals surface area (Å²) < 4.78 is 6.27. The zero-order chi connectivity index (χ0) is 26.4. The van der Waals surface area contributed by atoms with Gasteiger partial charge in [-0.2, -0.15) is 5.26 Å². The molecule has 2 aromatic rings. The fraction of sp³-hybridized carbons (Fsp3) is 0.360. The van der Waals surface area contributed by atoms with Crippen molar-refractivity contribution in [3.8, 4) is 6.07 Å². The number of carbonyl (C=O) groups is 2. The van der Waals surface area contributed by atoms with Crippen molar-refractivity contribution in [3.63, 3.8) is 0 Å². The molecule has 3 N–H and O–H groups in total. The van der Waals surface area contributed by atoms with Crippen molar-refractivity contribution in [2.24, 2.45) is 0 Å². The van der Waals surface area contributed by atoms with Gasteiger partial charge in [0.2, 0.25) is 5.69 Å². The summed E-state index contributed by atoms with van der Waals surface area (Å²) in [6, 6.07) is 10.5. The molecule has 0 aromatic heterocycles. The van der Waals surface area contributed by atoms with Crippen LogP contribution in [0.5, 0.6) is 0 Å². The fourth-order valence-corrected chi connectivity index (χ4v) is 3.99. The number of anilines is 1. The van der Waals surface area contributed by atoms with E-state index in [-0.39, 0.29) is 11.6 Å². The third-order valence-electron chi connectivity index (χ3n) is 6.13. The molecule has 0 unspecified atom stereocenters. The van der Waals surface area contributed by atoms with Crippen LogP contribution in [0.25, 0.3) is 4.85 Å². The summed E-state index contributed by atoms with van der Waals surface area (Å²) in [5.41, 5.74) is 7.11. The van der Waals surface area contributed by atoms with E-state index in [1.807, 2.05) is 6.07 Å². The molecule has 0 fully saturated rings. The van der Waals surface area contributed by atoms with Gasteiger partial charge in [0.05, 0.1) is 29.8 Å². The molecule has 0 aliphatic carbocycles. The van der Waals surface area contributed by atoms with Crippen molar-refractivity contribution in [1.29, 1.82) is 5.26 Å². The number of hydrogen-bond donors (Lipinski definition) is 3. The van der Waals surface area contributed by atoms with Crippen molar-refractivity contribution in [2.75, 3.05) is 11.9 Å². The highest BCUT2D eigenvalue weighted by Crippen LogP contribution is 2.37. The van der Waals surface area contributed by atoms with Gasteiger partial charge in [0.1, 0.15) is 6.04 Å². The summed E-state index contributed by atoms with van der Waals surface area (Å²) in [4.78, 5) is 28.9. The Morgan fingerprint density at radius 2 is 1.80 bits per heavy atom. The van der Waals surface area contributed by atoms with Gasteiger partial charge in [-0.3, -0.25) is 20.4 Å². The highest BCUT2D eigenvalue weighted by molar-refractivity contribution is 6.74. The molecule has 0 heterocycles. The molecule has 0 bridgehead atoms. The molecule has 2 amide bonds. The second kappa shape index (κ2) is 11.4. The van der Waals surface area contributed by atoms with Crippen molar-refractivity contribution in [2.45, 2.75) is 51.9 Å². The maximum absolute atomic E-state index is 13.1. The van der Waals surface area contributed by atoms with E-state index in [2.05, 4.69) is 54.9 Å². The van der Waals surface area contributed by atoms with E-state index in [1.54, 1.807) is 19.1 Å². The van der Waals surface area contributed by atoms with Crippen molar-refractivity contribution < 1.29 is 14.0 Å². The van der Waals surface area contributed by atoms with Gasteiger partial charge < -0.3 is 9.74 Å². The number of amides is 2. The number of rotatable bonds is 7. The normalized spacial score (nSPS) is 12.1. The Balaban J connectivity index is 2.21. The standard InChI is InChI=1S/C25H30ClN5O3Si/c1-16-19(12-13-20(28-5)22(16)26)29-21(15-34-35(6,7)25(2,3)4)24(33)31-30-23(32)18-10-8-17(14-27)9-11-18/h8-13,21,29H,15H2,1-4,6-7H3,(H,30,32)(H,31,33)/t21-/m1/s1. The lowest BCUT2D eigenvalue weighted by molar-refractivity contribution is -0.123. The summed E-state index contributed by atoms with van der Waals surface area (Å²) in [6.45, 7) is 19.5. The maximum Gasteiger partial charge on any atom is 0.269 e. The molecule has 0 radical (unpaired) electrons. The van der Waals surface area contributed by atoms with E-state index in [0.717, 1.165) is 0 Å². The molecule has 0 aliphatic heterocycles. The average molecular weight is 512 g/mol. The summed E-state index contributed by atoms with van der Waals surface area (Å²) in [5, 5.41) is 12.3. The molecule has 0 saturated carbocycles. The third-order valence-corrected chi connectivity index (χ3v) is 11.1. The lowest BCUT2D eigenvalue weighted by Crippen LogP contribution is -2.52. The summed E-state index contributed by atoms with van der Waals surface area (Å²) >= 11 is 6.31. The fourth-order valence-electron chi connectivity index (χ4n) is 2.77. The van der Waals surface area contributed by atoms with Gasteiger partial charge in [-0.25, -0.2) is 4.85 Å². The highest BCUT2D eigenvalue weighted by atomic mass is 35.5. The van der Waals surface area contributed by atoms with Gasteiger partial charge in [-0.15, -0.1) is 0 Å². The van der Waals surface area contributed by atoms with Gasteiger partial charge in [-0.1, -0.05) is 38.4 Å². The Morgan fingerprint density at radius 1 is 1.17 bits per heavy atom. The molecule has 0 spiro atoms. The van der Waals surface area contributed by atoms with Crippen molar-refractivity contribution in [3.05, 3.63) is 69.5 Å². The smallest absolute Gasteiger partial charge is 0.269 e. The van der Waals surface area contributed by atoms with Gasteiger partial charge in [-0.05, 0) is 61.0 Å². The van der Waals surface area contributed by atoms with E-state index in [0.29, 0.717) is 33.1 Å². The van der Waals surface area contributed by atoms with Crippen LogP contribution in [-0.4, -0.2) is 32.8 Å². The first-order valence-corrected chi connectivity index (χ1v) is 14.3. The van der Waals surface area contributed by atoms with Crippen LogP contribution in [-0.2, 0) is 9.22 Å². The quantitative estimate of drug-likeness (QED) is 0.264. The Labute approximate surface area is 212 Å². The molecule has 2 aromatic carbocycles. The van der Waals surface area contributed by atoms with E-state index >= 15 is 0 Å². The zero-order valence-electron chi connectivity index (χ0n) is 20.7. The molecular weight excluding hydrogens is 482 g/mol. The summed E-state index contributed by atoms with van der Waals surface area (Å²) in [7, 11) is -2.18. The predicted octanol–water partition coefficient (Wildman–Crippen LogP) is 5.33. The number of nitrogens with one attached hydrogen (secondary N) is 3. The SMILES string of the molecule is [C-]#[N+]c1ccc(N[C@H](CO[Si](C)(C)C(C)(C)C)C(=O)NNC(=O)c2ccc(C#N)cc2)c(C)c1Cl. The van der Waals surface area contributed by atoms with Crippen molar-refractivity contribution in [1.82, 2.24) is 10.9 Å². The number of nitrogens with zero attached hydrogens (tertiary/aromatic N) is 2. The monoisotopic (exact) mass is 511 g/mol. The van der Waals surface area contributed by atoms with Crippen LogP contribution in [0.3, 0.4) is 0 Å². The third kappa shape index (κ3) is 7.06. The number of benzene rings is 2. The summed E-state index contributed by atoms with van der Waals surface area (Å²) in [5.74, 6) is -1.02. The maximum atomic E-state index is 13.1. The van der Waals surface area contributed by atoms with Gasteiger partial charge in [0.15, 0.2) is 8.32 Å². The van der Waals surface area contributed by atoms with E-state index in [4.69, 9.17) is 27.9 Å². The lowest BCUT2D eigenvalue weighted by atomic mass is 10.1. The van der Waals surface area contributed by atoms with Gasteiger partial charge in [0.25, 0.3) is 11.8 Å². The number of halogens is 1. The summed E-state index contributed by atoms with van der Waals surface area (Å²) in [6.07, 6.45) is 0. The van der Waals surface area contributed by atoms with E-state index in [9.17, 15) is 9.59 Å². The largest absolute Gasteiger partial charge is 0.414 e. The molecule has 8 nitrogen and oxygen atoms in total. The number of hydrogen-bond acceptors (Lipinski definition) is 5. The van der Waals surface area contributed by atoms with Crippen LogP contribution in [0.2, 0.25) is 23.2 Å².